The molecule has 104 valence electrons. The fourth-order valence-corrected chi connectivity index (χ4v) is 2.83. The van der Waals surface area contributed by atoms with E-state index in [4.69, 9.17) is 5.14 Å². The van der Waals surface area contributed by atoms with Crippen molar-refractivity contribution in [2.75, 3.05) is 6.54 Å². The van der Waals surface area contributed by atoms with E-state index in [0.717, 1.165) is 17.5 Å². The van der Waals surface area contributed by atoms with E-state index in [0.29, 0.717) is 13.1 Å². The third kappa shape index (κ3) is 2.96. The molecule has 1 heterocycles. The molecular formula is C13H18N2O3S. The SMILES string of the molecule is CC(C)C(=O)N1CCc2ccc(S(N)(=O)=O)cc2C1. The van der Waals surface area contributed by atoms with Gasteiger partial charge in [-0.1, -0.05) is 19.9 Å². The van der Waals surface area contributed by atoms with E-state index in [2.05, 4.69) is 0 Å². The van der Waals surface area contributed by atoms with E-state index in [1.165, 1.54) is 6.07 Å². The molecule has 6 heteroatoms. The summed E-state index contributed by atoms with van der Waals surface area (Å²) in [4.78, 5) is 13.8. The Morgan fingerprint density at radius 1 is 1.32 bits per heavy atom. The topological polar surface area (TPSA) is 80.5 Å². The van der Waals surface area contributed by atoms with E-state index in [-0.39, 0.29) is 16.7 Å². The number of fused-ring (bicyclic) bond motifs is 1. The molecule has 0 saturated carbocycles. The molecule has 1 aromatic carbocycles. The molecule has 0 unspecified atom stereocenters. The number of carbonyl (C=O) groups is 1. The van der Waals surface area contributed by atoms with Gasteiger partial charge in [-0.3, -0.25) is 4.79 Å². The Bertz CT molecular complexity index is 608. The average molecular weight is 282 g/mol. The van der Waals surface area contributed by atoms with Gasteiger partial charge in [-0.05, 0) is 29.7 Å². The first-order chi connectivity index (χ1) is 8.79. The predicted molar refractivity (Wildman–Crippen MR) is 71.8 cm³/mol. The lowest BCUT2D eigenvalue weighted by atomic mass is 9.99. The minimum Gasteiger partial charge on any atom is -0.338 e. The summed E-state index contributed by atoms with van der Waals surface area (Å²) in [5.74, 6) is 0.0367. The standard InChI is InChI=1S/C13H18N2O3S/c1-9(2)13(16)15-6-5-10-3-4-12(19(14,17)18)7-11(10)8-15/h3-4,7,9H,5-6,8H2,1-2H3,(H2,14,17,18). The largest absolute Gasteiger partial charge is 0.338 e. The third-order valence-electron chi connectivity index (χ3n) is 3.32. The summed E-state index contributed by atoms with van der Waals surface area (Å²) < 4.78 is 22.7. The molecule has 1 aliphatic rings. The fraction of sp³-hybridized carbons (Fsp3) is 0.462. The Labute approximate surface area is 113 Å². The minimum atomic E-state index is -3.69. The van der Waals surface area contributed by atoms with Crippen LogP contribution in [-0.2, 0) is 27.8 Å². The van der Waals surface area contributed by atoms with Crippen molar-refractivity contribution in [3.63, 3.8) is 0 Å². The summed E-state index contributed by atoms with van der Waals surface area (Å²) in [5, 5.41) is 5.12. The zero-order chi connectivity index (χ0) is 14.2. The van der Waals surface area contributed by atoms with Gasteiger partial charge in [0.1, 0.15) is 0 Å². The summed E-state index contributed by atoms with van der Waals surface area (Å²) in [5.41, 5.74) is 1.95. The summed E-state index contributed by atoms with van der Waals surface area (Å²) in [6, 6.07) is 4.88. The van der Waals surface area contributed by atoms with E-state index < -0.39 is 10.0 Å². The number of hydrogen-bond donors (Lipinski definition) is 1. The summed E-state index contributed by atoms with van der Waals surface area (Å²) in [6.45, 7) is 4.85. The molecule has 1 amide bonds. The van der Waals surface area contributed by atoms with Crippen LogP contribution in [0.25, 0.3) is 0 Å². The molecule has 0 fully saturated rings. The summed E-state index contributed by atoms with van der Waals surface area (Å²) >= 11 is 0. The summed E-state index contributed by atoms with van der Waals surface area (Å²) in [7, 11) is -3.69. The quantitative estimate of drug-likeness (QED) is 0.874. The van der Waals surface area contributed by atoms with Crippen LogP contribution >= 0.6 is 0 Å². The second-order valence-corrected chi connectivity index (χ2v) is 6.70. The molecule has 0 aromatic heterocycles. The van der Waals surface area contributed by atoms with Gasteiger partial charge in [-0.2, -0.15) is 0 Å². The number of benzene rings is 1. The van der Waals surface area contributed by atoms with E-state index in [9.17, 15) is 13.2 Å². The van der Waals surface area contributed by atoms with Crippen molar-refractivity contribution in [3.05, 3.63) is 29.3 Å². The van der Waals surface area contributed by atoms with E-state index >= 15 is 0 Å². The molecule has 0 atom stereocenters. The number of carbonyl (C=O) groups excluding carboxylic acids is 1. The molecule has 5 nitrogen and oxygen atoms in total. The molecule has 1 aliphatic heterocycles. The van der Waals surface area contributed by atoms with Crippen molar-refractivity contribution >= 4 is 15.9 Å². The van der Waals surface area contributed by atoms with Gasteiger partial charge in [0, 0.05) is 19.0 Å². The van der Waals surface area contributed by atoms with Gasteiger partial charge in [0.25, 0.3) is 0 Å². The van der Waals surface area contributed by atoms with Gasteiger partial charge in [-0.15, -0.1) is 0 Å². The Balaban J connectivity index is 2.31. The number of hydrogen-bond acceptors (Lipinski definition) is 3. The molecule has 2 rings (SSSR count). The Hall–Kier alpha value is -1.40. The van der Waals surface area contributed by atoms with Crippen molar-refractivity contribution in [2.24, 2.45) is 11.1 Å². The Morgan fingerprint density at radius 2 is 2.00 bits per heavy atom. The minimum absolute atomic E-state index is 0.0528. The number of sulfonamides is 1. The fourth-order valence-electron chi connectivity index (χ4n) is 2.26. The molecular weight excluding hydrogens is 264 g/mol. The van der Waals surface area contributed by atoms with Gasteiger partial charge < -0.3 is 4.90 Å². The van der Waals surface area contributed by atoms with Gasteiger partial charge >= 0.3 is 0 Å². The van der Waals surface area contributed by atoms with Gasteiger partial charge in [0.05, 0.1) is 4.90 Å². The highest BCUT2D eigenvalue weighted by Gasteiger charge is 2.23. The Morgan fingerprint density at radius 3 is 2.58 bits per heavy atom. The monoisotopic (exact) mass is 282 g/mol. The molecule has 1 aromatic rings. The van der Waals surface area contributed by atoms with Crippen LogP contribution in [0.2, 0.25) is 0 Å². The highest BCUT2D eigenvalue weighted by molar-refractivity contribution is 7.89. The number of rotatable bonds is 2. The molecule has 0 radical (unpaired) electrons. The van der Waals surface area contributed by atoms with Crippen LogP contribution in [0.4, 0.5) is 0 Å². The van der Waals surface area contributed by atoms with Crippen molar-refractivity contribution < 1.29 is 13.2 Å². The van der Waals surface area contributed by atoms with Crippen LogP contribution in [0.5, 0.6) is 0 Å². The number of amides is 1. The Kier molecular flexibility index (Phi) is 3.64. The lowest BCUT2D eigenvalue weighted by molar-refractivity contribution is -0.135. The second kappa shape index (κ2) is 4.94. The molecule has 0 saturated heterocycles. The van der Waals surface area contributed by atoms with Crippen molar-refractivity contribution in [2.45, 2.75) is 31.7 Å². The molecule has 0 aliphatic carbocycles. The molecule has 2 N–H and O–H groups in total. The number of nitrogens with zero attached hydrogens (tertiary/aromatic N) is 1. The number of primary sulfonamides is 1. The number of nitrogens with two attached hydrogens (primary N) is 1. The van der Waals surface area contributed by atoms with Crippen LogP contribution in [0.15, 0.2) is 23.1 Å². The van der Waals surface area contributed by atoms with Crippen molar-refractivity contribution in [1.82, 2.24) is 4.90 Å². The lowest BCUT2D eigenvalue weighted by Gasteiger charge is -2.30. The van der Waals surface area contributed by atoms with Crippen molar-refractivity contribution in [1.29, 1.82) is 0 Å². The van der Waals surface area contributed by atoms with Crippen LogP contribution < -0.4 is 5.14 Å². The third-order valence-corrected chi connectivity index (χ3v) is 4.24. The van der Waals surface area contributed by atoms with Gasteiger partial charge in [-0.25, -0.2) is 13.6 Å². The zero-order valence-corrected chi connectivity index (χ0v) is 11.9. The highest BCUT2D eigenvalue weighted by Crippen LogP contribution is 2.23. The zero-order valence-electron chi connectivity index (χ0n) is 11.1. The molecule has 0 spiro atoms. The molecule has 0 bridgehead atoms. The van der Waals surface area contributed by atoms with Crippen LogP contribution in [0.3, 0.4) is 0 Å². The predicted octanol–water partition coefficient (Wildman–Crippen LogP) is 0.875. The average Bonchev–Trinajstić information content (AvgIpc) is 2.35. The van der Waals surface area contributed by atoms with Crippen molar-refractivity contribution in [3.8, 4) is 0 Å². The van der Waals surface area contributed by atoms with Crippen LogP contribution in [0.1, 0.15) is 25.0 Å². The second-order valence-electron chi connectivity index (χ2n) is 5.14. The smallest absolute Gasteiger partial charge is 0.238 e. The maximum absolute atomic E-state index is 12.0. The normalized spacial score (nSPS) is 15.5. The highest BCUT2D eigenvalue weighted by atomic mass is 32.2. The van der Waals surface area contributed by atoms with Gasteiger partial charge in [0.2, 0.25) is 15.9 Å². The first-order valence-corrected chi connectivity index (χ1v) is 7.77. The first kappa shape index (κ1) is 14.0. The first-order valence-electron chi connectivity index (χ1n) is 6.22. The van der Waals surface area contributed by atoms with E-state index in [1.807, 2.05) is 13.8 Å². The van der Waals surface area contributed by atoms with Crippen LogP contribution in [-0.4, -0.2) is 25.8 Å². The maximum atomic E-state index is 12.0. The maximum Gasteiger partial charge on any atom is 0.238 e. The van der Waals surface area contributed by atoms with E-state index in [1.54, 1.807) is 17.0 Å². The van der Waals surface area contributed by atoms with Crippen LogP contribution in [0, 0.1) is 5.92 Å². The molecule has 19 heavy (non-hydrogen) atoms. The summed E-state index contributed by atoms with van der Waals surface area (Å²) in [6.07, 6.45) is 0.749. The van der Waals surface area contributed by atoms with Gasteiger partial charge in [0.15, 0.2) is 0 Å². The lowest BCUT2D eigenvalue weighted by Crippen LogP contribution is -2.38.